The van der Waals surface area contributed by atoms with E-state index in [9.17, 15) is 5.11 Å². The second kappa shape index (κ2) is 3.61. The summed E-state index contributed by atoms with van der Waals surface area (Å²) in [6, 6.07) is 0. The number of hydrogen-bond acceptors (Lipinski definition) is 1. The van der Waals surface area contributed by atoms with E-state index in [0.29, 0.717) is 17.8 Å². The van der Waals surface area contributed by atoms with Crippen LogP contribution in [0, 0.1) is 23.2 Å². The van der Waals surface area contributed by atoms with E-state index in [-0.39, 0.29) is 11.5 Å². The van der Waals surface area contributed by atoms with Crippen molar-refractivity contribution in [3.63, 3.8) is 0 Å². The zero-order valence-corrected chi connectivity index (χ0v) is 9.67. The van der Waals surface area contributed by atoms with Gasteiger partial charge in [-0.3, -0.25) is 0 Å². The highest BCUT2D eigenvalue weighted by atomic mass is 16.3. The molecule has 1 aliphatic rings. The normalized spacial score (nSPS) is 39.5. The number of aliphatic hydroxyl groups is 1. The Balaban J connectivity index is 2.70. The van der Waals surface area contributed by atoms with E-state index in [1.165, 1.54) is 12.8 Å². The van der Waals surface area contributed by atoms with Crippen molar-refractivity contribution in [3.05, 3.63) is 0 Å². The Morgan fingerprint density at radius 3 is 2.31 bits per heavy atom. The minimum absolute atomic E-state index is 0.117. The zero-order chi connectivity index (χ0) is 10.2. The van der Waals surface area contributed by atoms with Gasteiger partial charge in [-0.05, 0) is 36.0 Å². The van der Waals surface area contributed by atoms with E-state index in [0.717, 1.165) is 0 Å². The third kappa shape index (κ3) is 2.07. The standard InChI is InChI=1S/C12H24O/c1-8(2)10-6-7-12(4,5)11(13)9(10)3/h8-11,13H,6-7H2,1-5H3. The van der Waals surface area contributed by atoms with Crippen molar-refractivity contribution in [2.24, 2.45) is 23.2 Å². The van der Waals surface area contributed by atoms with Crippen LogP contribution in [-0.4, -0.2) is 11.2 Å². The molecule has 1 saturated carbocycles. The molecular formula is C12H24O. The predicted octanol–water partition coefficient (Wildman–Crippen LogP) is 3.08. The number of aliphatic hydroxyl groups excluding tert-OH is 1. The van der Waals surface area contributed by atoms with Crippen molar-refractivity contribution < 1.29 is 5.11 Å². The van der Waals surface area contributed by atoms with Gasteiger partial charge in [-0.25, -0.2) is 0 Å². The highest BCUT2D eigenvalue weighted by Crippen LogP contribution is 2.44. The van der Waals surface area contributed by atoms with Gasteiger partial charge >= 0.3 is 0 Å². The molecule has 3 atom stereocenters. The van der Waals surface area contributed by atoms with Crippen molar-refractivity contribution in [1.29, 1.82) is 0 Å². The van der Waals surface area contributed by atoms with Gasteiger partial charge in [0.15, 0.2) is 0 Å². The fourth-order valence-corrected chi connectivity index (χ4v) is 2.84. The van der Waals surface area contributed by atoms with Gasteiger partial charge in [-0.2, -0.15) is 0 Å². The maximum absolute atomic E-state index is 10.1. The molecule has 1 rings (SSSR count). The van der Waals surface area contributed by atoms with Crippen LogP contribution in [0.15, 0.2) is 0 Å². The average Bonchev–Trinajstić information content (AvgIpc) is 2.00. The fraction of sp³-hybridized carbons (Fsp3) is 1.00. The van der Waals surface area contributed by atoms with Gasteiger partial charge in [0.25, 0.3) is 0 Å². The highest BCUT2D eigenvalue weighted by molar-refractivity contribution is 4.91. The van der Waals surface area contributed by atoms with Crippen LogP contribution >= 0.6 is 0 Å². The summed E-state index contributed by atoms with van der Waals surface area (Å²) in [6.45, 7) is 11.1. The van der Waals surface area contributed by atoms with Gasteiger partial charge < -0.3 is 5.11 Å². The van der Waals surface area contributed by atoms with Crippen LogP contribution in [0.5, 0.6) is 0 Å². The van der Waals surface area contributed by atoms with Gasteiger partial charge in [0.2, 0.25) is 0 Å². The summed E-state index contributed by atoms with van der Waals surface area (Å²) in [5.41, 5.74) is 0.130. The minimum atomic E-state index is -0.117. The molecule has 0 saturated heterocycles. The Hall–Kier alpha value is -0.0400. The Bertz CT molecular complexity index is 170. The lowest BCUT2D eigenvalue weighted by molar-refractivity contribution is -0.0625. The molecule has 1 nitrogen and oxygen atoms in total. The average molecular weight is 184 g/mol. The van der Waals surface area contributed by atoms with Crippen LogP contribution in [0.3, 0.4) is 0 Å². The summed E-state index contributed by atoms with van der Waals surface area (Å²) in [7, 11) is 0. The second-order valence-corrected chi connectivity index (χ2v) is 5.74. The number of rotatable bonds is 1. The predicted molar refractivity (Wildman–Crippen MR) is 56.5 cm³/mol. The molecule has 0 amide bonds. The zero-order valence-electron chi connectivity index (χ0n) is 9.67. The molecule has 0 spiro atoms. The first-order valence-corrected chi connectivity index (χ1v) is 5.54. The van der Waals surface area contributed by atoms with E-state index in [1.54, 1.807) is 0 Å². The molecule has 1 aliphatic carbocycles. The van der Waals surface area contributed by atoms with E-state index in [2.05, 4.69) is 34.6 Å². The first kappa shape index (κ1) is 11.0. The molecule has 1 N–H and O–H groups in total. The molecule has 0 aliphatic heterocycles. The van der Waals surface area contributed by atoms with Gasteiger partial charge in [-0.1, -0.05) is 34.6 Å². The first-order chi connectivity index (χ1) is 5.86. The molecule has 1 heteroatoms. The molecule has 0 aromatic heterocycles. The third-order valence-corrected chi connectivity index (χ3v) is 3.95. The minimum Gasteiger partial charge on any atom is -0.392 e. The molecule has 0 bridgehead atoms. The van der Waals surface area contributed by atoms with Crippen molar-refractivity contribution in [1.82, 2.24) is 0 Å². The fourth-order valence-electron chi connectivity index (χ4n) is 2.84. The van der Waals surface area contributed by atoms with E-state index in [1.807, 2.05) is 0 Å². The highest BCUT2D eigenvalue weighted by Gasteiger charge is 2.41. The quantitative estimate of drug-likeness (QED) is 0.664. The maximum atomic E-state index is 10.1. The summed E-state index contributed by atoms with van der Waals surface area (Å²) < 4.78 is 0. The summed E-state index contributed by atoms with van der Waals surface area (Å²) in [4.78, 5) is 0. The largest absolute Gasteiger partial charge is 0.392 e. The third-order valence-electron chi connectivity index (χ3n) is 3.95. The summed E-state index contributed by atoms with van der Waals surface area (Å²) in [5.74, 6) is 1.88. The Morgan fingerprint density at radius 1 is 1.31 bits per heavy atom. The Kier molecular flexibility index (Phi) is 3.06. The summed E-state index contributed by atoms with van der Waals surface area (Å²) in [5, 5.41) is 10.1. The molecule has 0 radical (unpaired) electrons. The molecule has 0 aromatic carbocycles. The van der Waals surface area contributed by atoms with Crippen LogP contribution in [0.4, 0.5) is 0 Å². The monoisotopic (exact) mass is 184 g/mol. The lowest BCUT2D eigenvalue weighted by atomic mass is 9.63. The Labute approximate surface area is 82.5 Å². The molecule has 78 valence electrons. The van der Waals surface area contributed by atoms with Gasteiger partial charge in [0.05, 0.1) is 6.10 Å². The molecule has 13 heavy (non-hydrogen) atoms. The summed E-state index contributed by atoms with van der Waals surface area (Å²) in [6.07, 6.45) is 2.33. The van der Waals surface area contributed by atoms with Crippen molar-refractivity contribution in [3.8, 4) is 0 Å². The smallest absolute Gasteiger partial charge is 0.0619 e. The molecular weight excluding hydrogens is 160 g/mol. The lowest BCUT2D eigenvalue weighted by Gasteiger charge is -2.45. The molecule has 0 heterocycles. The van der Waals surface area contributed by atoms with E-state index in [4.69, 9.17) is 0 Å². The van der Waals surface area contributed by atoms with Crippen molar-refractivity contribution in [2.75, 3.05) is 0 Å². The van der Waals surface area contributed by atoms with E-state index >= 15 is 0 Å². The molecule has 3 unspecified atom stereocenters. The van der Waals surface area contributed by atoms with Crippen LogP contribution in [0.25, 0.3) is 0 Å². The van der Waals surface area contributed by atoms with Crippen LogP contribution in [-0.2, 0) is 0 Å². The van der Waals surface area contributed by atoms with Gasteiger partial charge in [-0.15, -0.1) is 0 Å². The SMILES string of the molecule is CC(C)C1CCC(C)(C)C(O)C1C. The second-order valence-electron chi connectivity index (χ2n) is 5.74. The van der Waals surface area contributed by atoms with Crippen molar-refractivity contribution in [2.45, 2.75) is 53.6 Å². The molecule has 0 aromatic rings. The maximum Gasteiger partial charge on any atom is 0.0619 e. The van der Waals surface area contributed by atoms with Crippen LogP contribution in [0.2, 0.25) is 0 Å². The van der Waals surface area contributed by atoms with Crippen LogP contribution < -0.4 is 0 Å². The van der Waals surface area contributed by atoms with Gasteiger partial charge in [0.1, 0.15) is 0 Å². The Morgan fingerprint density at radius 2 is 1.85 bits per heavy atom. The lowest BCUT2D eigenvalue weighted by Crippen LogP contribution is -2.44. The molecule has 1 fully saturated rings. The topological polar surface area (TPSA) is 20.2 Å². The summed E-state index contributed by atoms with van der Waals surface area (Å²) >= 11 is 0. The van der Waals surface area contributed by atoms with Crippen LogP contribution in [0.1, 0.15) is 47.5 Å². The van der Waals surface area contributed by atoms with Gasteiger partial charge in [0, 0.05) is 0 Å². The first-order valence-electron chi connectivity index (χ1n) is 5.54. The van der Waals surface area contributed by atoms with Crippen molar-refractivity contribution >= 4 is 0 Å². The number of hydrogen-bond donors (Lipinski definition) is 1. The van der Waals surface area contributed by atoms with E-state index < -0.39 is 0 Å².